The van der Waals surface area contributed by atoms with Gasteiger partial charge in [0.1, 0.15) is 5.75 Å². The minimum absolute atomic E-state index is 0.0712. The molecule has 2 rings (SSSR count). The van der Waals surface area contributed by atoms with Crippen LogP contribution >= 0.6 is 0 Å². The molecule has 20 heavy (non-hydrogen) atoms. The summed E-state index contributed by atoms with van der Waals surface area (Å²) in [5, 5.41) is 9.83. The van der Waals surface area contributed by atoms with Crippen molar-refractivity contribution < 1.29 is 18.6 Å². The summed E-state index contributed by atoms with van der Waals surface area (Å²) in [4.78, 5) is 0. The molecule has 0 aliphatic rings. The van der Waals surface area contributed by atoms with Crippen LogP contribution in [0.5, 0.6) is 5.75 Å². The Morgan fingerprint density at radius 1 is 1.00 bits per heavy atom. The maximum atomic E-state index is 13.4. The number of halogens is 2. The number of aliphatic hydroxyl groups excluding tert-OH is 1. The number of hydrogen-bond acceptors (Lipinski definition) is 2. The van der Waals surface area contributed by atoms with E-state index in [0.29, 0.717) is 13.0 Å². The molecule has 2 nitrogen and oxygen atoms in total. The lowest BCUT2D eigenvalue weighted by Crippen LogP contribution is -2.16. The molecule has 0 saturated carbocycles. The molecule has 1 atom stereocenters. The average Bonchev–Trinajstić information content (AvgIpc) is 2.45. The van der Waals surface area contributed by atoms with Crippen LogP contribution in [0.4, 0.5) is 8.78 Å². The van der Waals surface area contributed by atoms with Gasteiger partial charge in [-0.15, -0.1) is 0 Å². The van der Waals surface area contributed by atoms with E-state index < -0.39 is 17.7 Å². The van der Waals surface area contributed by atoms with E-state index in [1.807, 2.05) is 30.3 Å². The van der Waals surface area contributed by atoms with Crippen LogP contribution in [-0.2, 0) is 6.42 Å². The highest BCUT2D eigenvalue weighted by atomic mass is 19.2. The first-order valence-electron chi connectivity index (χ1n) is 6.45. The largest absolute Gasteiger partial charge is 0.493 e. The predicted octanol–water partition coefficient (Wildman–Crippen LogP) is 3.34. The van der Waals surface area contributed by atoms with Crippen molar-refractivity contribution in [2.24, 2.45) is 0 Å². The Bertz CT molecular complexity index is 543. The van der Waals surface area contributed by atoms with Crippen molar-refractivity contribution >= 4 is 0 Å². The summed E-state index contributed by atoms with van der Waals surface area (Å²) < 4.78 is 31.9. The highest BCUT2D eigenvalue weighted by molar-refractivity contribution is 5.21. The van der Waals surface area contributed by atoms with Gasteiger partial charge >= 0.3 is 0 Å². The summed E-state index contributed by atoms with van der Waals surface area (Å²) in [6, 6.07) is 13.2. The smallest absolute Gasteiger partial charge is 0.162 e. The molecule has 0 fully saturated rings. The molecule has 0 heterocycles. The van der Waals surface area contributed by atoms with E-state index in [4.69, 9.17) is 4.74 Å². The molecule has 0 spiro atoms. The molecule has 0 radical (unpaired) electrons. The van der Waals surface area contributed by atoms with E-state index >= 15 is 0 Å². The number of hydrogen-bond donors (Lipinski definition) is 1. The summed E-state index contributed by atoms with van der Waals surface area (Å²) >= 11 is 0. The number of rotatable bonds is 6. The highest BCUT2D eigenvalue weighted by Gasteiger charge is 2.12. The Hall–Kier alpha value is -1.94. The predicted molar refractivity (Wildman–Crippen MR) is 72.6 cm³/mol. The second-order valence-electron chi connectivity index (χ2n) is 4.52. The zero-order valence-electron chi connectivity index (χ0n) is 10.9. The second kappa shape index (κ2) is 7.01. The zero-order valence-corrected chi connectivity index (χ0v) is 10.9. The molecule has 0 saturated heterocycles. The van der Waals surface area contributed by atoms with Crippen LogP contribution < -0.4 is 4.74 Å². The first kappa shape index (κ1) is 14.5. The van der Waals surface area contributed by atoms with Gasteiger partial charge in [-0.05, 0) is 23.8 Å². The van der Waals surface area contributed by atoms with Gasteiger partial charge in [0.2, 0.25) is 0 Å². The molecule has 0 bridgehead atoms. The molecule has 106 valence electrons. The van der Waals surface area contributed by atoms with Gasteiger partial charge in [0, 0.05) is 12.8 Å². The van der Waals surface area contributed by atoms with Crippen molar-refractivity contribution in [1.29, 1.82) is 0 Å². The summed E-state index contributed by atoms with van der Waals surface area (Å²) in [7, 11) is 0. The van der Waals surface area contributed by atoms with Crippen LogP contribution in [0.15, 0.2) is 48.5 Å². The normalized spacial score (nSPS) is 12.2. The van der Waals surface area contributed by atoms with Gasteiger partial charge < -0.3 is 9.84 Å². The maximum absolute atomic E-state index is 13.4. The molecule has 4 heteroatoms. The fourth-order valence-electron chi connectivity index (χ4n) is 1.89. The van der Waals surface area contributed by atoms with Crippen molar-refractivity contribution in [3.63, 3.8) is 0 Å². The summed E-state index contributed by atoms with van der Waals surface area (Å²) in [5.74, 6) is -1.07. The first-order chi connectivity index (χ1) is 9.66. The molecular formula is C16H16F2O2. The van der Waals surface area contributed by atoms with Gasteiger partial charge in [0.15, 0.2) is 11.6 Å². The number of aliphatic hydroxyl groups is 1. The molecule has 1 N–H and O–H groups in total. The summed E-state index contributed by atoms with van der Waals surface area (Å²) in [6.45, 7) is 0.322. The van der Waals surface area contributed by atoms with Gasteiger partial charge in [-0.3, -0.25) is 0 Å². The van der Waals surface area contributed by atoms with Crippen molar-refractivity contribution in [1.82, 2.24) is 0 Å². The lowest BCUT2D eigenvalue weighted by molar-refractivity contribution is 0.138. The molecule has 1 unspecified atom stereocenters. The summed E-state index contributed by atoms with van der Waals surface area (Å²) in [6.07, 6.45) is -0.345. The summed E-state index contributed by atoms with van der Waals surface area (Å²) in [5.41, 5.74) is 0.178. The van der Waals surface area contributed by atoms with Gasteiger partial charge in [-0.25, -0.2) is 8.78 Å². The lowest BCUT2D eigenvalue weighted by atomic mass is 10.1. The van der Waals surface area contributed by atoms with E-state index in [9.17, 15) is 13.9 Å². The maximum Gasteiger partial charge on any atom is 0.162 e. The Morgan fingerprint density at radius 2 is 1.75 bits per heavy atom. The van der Waals surface area contributed by atoms with Gasteiger partial charge in [-0.2, -0.15) is 0 Å². The van der Waals surface area contributed by atoms with Crippen molar-refractivity contribution in [3.05, 3.63) is 65.7 Å². The zero-order chi connectivity index (χ0) is 14.4. The second-order valence-corrected chi connectivity index (χ2v) is 4.52. The third kappa shape index (κ3) is 4.03. The van der Waals surface area contributed by atoms with Crippen molar-refractivity contribution in [3.8, 4) is 5.75 Å². The number of para-hydroxylation sites is 1. The standard InChI is InChI=1S/C16H16F2O2/c17-15-8-4-5-12(16(15)18)11-13(19)9-10-20-14-6-2-1-3-7-14/h1-8,13,19H,9-11H2. The minimum Gasteiger partial charge on any atom is -0.493 e. The van der Waals surface area contributed by atoms with Crippen LogP contribution in [0.1, 0.15) is 12.0 Å². The average molecular weight is 278 g/mol. The minimum atomic E-state index is -0.893. The topological polar surface area (TPSA) is 29.5 Å². The Morgan fingerprint density at radius 3 is 2.50 bits per heavy atom. The van der Waals surface area contributed by atoms with Crippen LogP contribution in [0, 0.1) is 11.6 Å². The molecular weight excluding hydrogens is 262 g/mol. The van der Waals surface area contributed by atoms with Crippen molar-refractivity contribution in [2.45, 2.75) is 18.9 Å². The SMILES string of the molecule is OC(CCOc1ccccc1)Cc1cccc(F)c1F. The molecule has 2 aromatic carbocycles. The Balaban J connectivity index is 1.81. The quantitative estimate of drug-likeness (QED) is 0.878. The Labute approximate surface area is 116 Å². The van der Waals surface area contributed by atoms with Gasteiger partial charge in [0.25, 0.3) is 0 Å². The third-order valence-corrected chi connectivity index (χ3v) is 2.95. The van der Waals surface area contributed by atoms with Crippen LogP contribution in [0.2, 0.25) is 0 Å². The van der Waals surface area contributed by atoms with Gasteiger partial charge in [-0.1, -0.05) is 30.3 Å². The van der Waals surface area contributed by atoms with Crippen LogP contribution in [0.25, 0.3) is 0 Å². The fraction of sp³-hybridized carbons (Fsp3) is 0.250. The van der Waals surface area contributed by atoms with E-state index in [1.165, 1.54) is 12.1 Å². The number of ether oxygens (including phenoxy) is 1. The fourth-order valence-corrected chi connectivity index (χ4v) is 1.89. The van der Waals surface area contributed by atoms with E-state index in [0.717, 1.165) is 11.8 Å². The lowest BCUT2D eigenvalue weighted by Gasteiger charge is -2.12. The number of benzene rings is 2. The Kier molecular flexibility index (Phi) is 5.07. The highest BCUT2D eigenvalue weighted by Crippen LogP contribution is 2.15. The first-order valence-corrected chi connectivity index (χ1v) is 6.45. The van der Waals surface area contributed by atoms with Crippen molar-refractivity contribution in [2.75, 3.05) is 6.61 Å². The van der Waals surface area contributed by atoms with Gasteiger partial charge in [0.05, 0.1) is 12.7 Å². The van der Waals surface area contributed by atoms with E-state index in [2.05, 4.69) is 0 Å². The van der Waals surface area contributed by atoms with Crippen LogP contribution in [0.3, 0.4) is 0 Å². The molecule has 0 aliphatic carbocycles. The monoisotopic (exact) mass is 278 g/mol. The molecule has 0 aromatic heterocycles. The van der Waals surface area contributed by atoms with E-state index in [-0.39, 0.29) is 12.0 Å². The third-order valence-electron chi connectivity index (χ3n) is 2.95. The molecule has 0 amide bonds. The molecule has 0 aliphatic heterocycles. The van der Waals surface area contributed by atoms with E-state index in [1.54, 1.807) is 0 Å². The molecule has 2 aromatic rings. The van der Waals surface area contributed by atoms with Crippen LogP contribution in [-0.4, -0.2) is 17.8 Å².